The molecule has 1 rings (SSSR count). The van der Waals surface area contributed by atoms with Gasteiger partial charge in [0, 0.05) is 13.1 Å². The lowest BCUT2D eigenvalue weighted by Gasteiger charge is -2.40. The van der Waals surface area contributed by atoms with Crippen LogP contribution in [0.15, 0.2) is 0 Å². The average molecular weight is 310 g/mol. The van der Waals surface area contributed by atoms with Gasteiger partial charge in [0.1, 0.15) is 0 Å². The molecule has 1 fully saturated rings. The number of aliphatic carboxylic acids is 1. The summed E-state index contributed by atoms with van der Waals surface area (Å²) in [4.78, 5) is 21.1. The van der Waals surface area contributed by atoms with Crippen LogP contribution in [-0.2, 0) is 9.59 Å². The molecule has 1 aliphatic heterocycles. The van der Waals surface area contributed by atoms with Crippen molar-refractivity contribution in [2.45, 2.75) is 25.3 Å². The van der Waals surface area contributed by atoms with Gasteiger partial charge in [-0.25, -0.2) is 4.79 Å². The van der Waals surface area contributed by atoms with Crippen molar-refractivity contribution in [3.8, 4) is 0 Å². The van der Waals surface area contributed by atoms with Crippen molar-refractivity contribution in [3.63, 3.8) is 0 Å². The third-order valence-electron chi connectivity index (χ3n) is 2.29. The van der Waals surface area contributed by atoms with E-state index in [9.17, 15) is 31.1 Å². The van der Waals surface area contributed by atoms with Crippen LogP contribution < -0.4 is 5.73 Å². The van der Waals surface area contributed by atoms with Gasteiger partial charge in [0.15, 0.2) is 0 Å². The van der Waals surface area contributed by atoms with Gasteiger partial charge >= 0.3 is 18.3 Å². The molecule has 0 bridgehead atoms. The number of carboxylic acid groups (broad SMARTS) is 1. The Morgan fingerprint density at radius 3 is 1.75 bits per heavy atom. The van der Waals surface area contributed by atoms with Gasteiger partial charge in [0.25, 0.3) is 0 Å². The van der Waals surface area contributed by atoms with E-state index in [0.717, 1.165) is 4.90 Å². The molecule has 0 aromatic carbocycles. The molecule has 1 heterocycles. The molecule has 0 radical (unpaired) electrons. The summed E-state index contributed by atoms with van der Waals surface area (Å²) in [5.74, 6) is -4.54. The second-order valence-corrected chi connectivity index (χ2v) is 4.07. The maximum absolute atomic E-state index is 12.0. The highest BCUT2D eigenvalue weighted by molar-refractivity contribution is 5.81. The number of nitrogens with two attached hydrogens (primary N) is 1. The highest BCUT2D eigenvalue weighted by Gasteiger charge is 2.48. The predicted molar refractivity (Wildman–Crippen MR) is 53.5 cm³/mol. The number of halogens is 6. The third-order valence-corrected chi connectivity index (χ3v) is 2.29. The van der Waals surface area contributed by atoms with Crippen LogP contribution >= 0.6 is 0 Å². The standard InChI is InChI=1S/C7H11F3N2O.C2HF3O2/c1-4(11)6(13)12-2-5(3-12)7(8,9)10;3-2(4,5)1(6)7/h4-5H,2-3,11H2,1H3;(H,6,7). The second-order valence-electron chi connectivity index (χ2n) is 4.07. The number of carbonyl (C=O) groups excluding carboxylic acids is 1. The molecular weight excluding hydrogens is 298 g/mol. The highest BCUT2D eigenvalue weighted by Crippen LogP contribution is 2.33. The first kappa shape index (κ1) is 18.5. The fourth-order valence-corrected chi connectivity index (χ4v) is 1.15. The quantitative estimate of drug-likeness (QED) is 0.707. The first-order valence-corrected chi connectivity index (χ1v) is 5.18. The first-order valence-electron chi connectivity index (χ1n) is 5.18. The Bertz CT molecular complexity index is 360. The maximum Gasteiger partial charge on any atom is 0.490 e. The number of hydrogen-bond acceptors (Lipinski definition) is 3. The van der Waals surface area contributed by atoms with E-state index in [0.29, 0.717) is 0 Å². The summed E-state index contributed by atoms with van der Waals surface area (Å²) < 4.78 is 67.6. The SMILES string of the molecule is CC(N)C(=O)N1CC(C(F)(F)F)C1.O=C(O)C(F)(F)F. The Labute approximate surface area is 109 Å². The minimum Gasteiger partial charge on any atom is -0.475 e. The summed E-state index contributed by atoms with van der Waals surface area (Å²) >= 11 is 0. The smallest absolute Gasteiger partial charge is 0.475 e. The summed E-state index contributed by atoms with van der Waals surface area (Å²) in [6, 6.07) is -0.714. The topological polar surface area (TPSA) is 83.6 Å². The van der Waals surface area contributed by atoms with Crippen molar-refractivity contribution in [2.75, 3.05) is 13.1 Å². The molecule has 3 N–H and O–H groups in total. The van der Waals surface area contributed by atoms with Crippen molar-refractivity contribution in [2.24, 2.45) is 11.7 Å². The van der Waals surface area contributed by atoms with E-state index in [1.807, 2.05) is 0 Å². The molecule has 0 aliphatic carbocycles. The molecule has 0 aromatic heterocycles. The zero-order chi connectivity index (χ0) is 16.3. The molecule has 1 amide bonds. The van der Waals surface area contributed by atoms with Crippen LogP contribution in [0.3, 0.4) is 0 Å². The van der Waals surface area contributed by atoms with Crippen LogP contribution in [0.2, 0.25) is 0 Å². The number of carbonyl (C=O) groups is 2. The van der Waals surface area contributed by atoms with Crippen molar-refractivity contribution in [3.05, 3.63) is 0 Å². The van der Waals surface area contributed by atoms with Crippen LogP contribution in [0.4, 0.5) is 26.3 Å². The normalized spacial score (nSPS) is 17.7. The van der Waals surface area contributed by atoms with Crippen LogP contribution in [0.5, 0.6) is 0 Å². The predicted octanol–water partition coefficient (Wildman–Crippen LogP) is 0.988. The van der Waals surface area contributed by atoms with E-state index in [1.165, 1.54) is 6.92 Å². The minimum absolute atomic E-state index is 0.246. The molecule has 118 valence electrons. The third kappa shape index (κ3) is 5.63. The molecular formula is C9H12F6N2O3. The summed E-state index contributed by atoms with van der Waals surface area (Å²) in [5.41, 5.74) is 5.23. The zero-order valence-corrected chi connectivity index (χ0v) is 10.1. The molecule has 5 nitrogen and oxygen atoms in total. The van der Waals surface area contributed by atoms with Gasteiger partial charge in [-0.15, -0.1) is 0 Å². The lowest BCUT2D eigenvalue weighted by Crippen LogP contribution is -2.58. The summed E-state index contributed by atoms with van der Waals surface area (Å²) in [5, 5.41) is 7.12. The molecule has 0 spiro atoms. The molecule has 11 heteroatoms. The second kappa shape index (κ2) is 6.29. The van der Waals surface area contributed by atoms with E-state index in [4.69, 9.17) is 15.6 Å². The fourth-order valence-electron chi connectivity index (χ4n) is 1.15. The van der Waals surface area contributed by atoms with Crippen molar-refractivity contribution < 1.29 is 41.0 Å². The Kier molecular flexibility index (Phi) is 5.81. The zero-order valence-electron chi connectivity index (χ0n) is 10.1. The summed E-state index contributed by atoms with van der Waals surface area (Å²) in [6.07, 6.45) is -9.27. The molecule has 1 atom stereocenters. The van der Waals surface area contributed by atoms with E-state index in [-0.39, 0.29) is 13.1 Å². The molecule has 1 saturated heterocycles. The summed E-state index contributed by atoms with van der Waals surface area (Å²) in [7, 11) is 0. The number of rotatable bonds is 1. The molecule has 0 saturated carbocycles. The number of nitrogens with zero attached hydrogens (tertiary/aromatic N) is 1. The number of alkyl halides is 6. The maximum atomic E-state index is 12.0. The van der Waals surface area contributed by atoms with E-state index < -0.39 is 36.2 Å². The Morgan fingerprint density at radius 1 is 1.20 bits per heavy atom. The molecule has 0 aromatic rings. The van der Waals surface area contributed by atoms with E-state index >= 15 is 0 Å². The molecule has 1 aliphatic rings. The van der Waals surface area contributed by atoms with Crippen LogP contribution in [0.1, 0.15) is 6.92 Å². The van der Waals surface area contributed by atoms with Gasteiger partial charge in [0.05, 0.1) is 12.0 Å². The van der Waals surface area contributed by atoms with Gasteiger partial charge in [-0.05, 0) is 6.92 Å². The number of carboxylic acids is 1. The van der Waals surface area contributed by atoms with E-state index in [1.54, 1.807) is 0 Å². The monoisotopic (exact) mass is 310 g/mol. The van der Waals surface area contributed by atoms with Gasteiger partial charge in [-0.3, -0.25) is 4.79 Å². The fraction of sp³-hybridized carbons (Fsp3) is 0.778. The Morgan fingerprint density at radius 2 is 1.55 bits per heavy atom. The van der Waals surface area contributed by atoms with Crippen LogP contribution in [0, 0.1) is 5.92 Å². The first-order chi connectivity index (χ1) is 8.76. The van der Waals surface area contributed by atoms with Gasteiger partial charge in [0.2, 0.25) is 5.91 Å². The van der Waals surface area contributed by atoms with E-state index in [2.05, 4.69) is 0 Å². The average Bonchev–Trinajstić information content (AvgIpc) is 2.11. The summed E-state index contributed by atoms with van der Waals surface area (Å²) in [6.45, 7) is 0.969. The van der Waals surface area contributed by atoms with Gasteiger partial charge in [-0.1, -0.05) is 0 Å². The Hall–Kier alpha value is -1.52. The molecule has 20 heavy (non-hydrogen) atoms. The van der Waals surface area contributed by atoms with Crippen LogP contribution in [-0.4, -0.2) is 53.4 Å². The van der Waals surface area contributed by atoms with Crippen molar-refractivity contribution in [1.29, 1.82) is 0 Å². The van der Waals surface area contributed by atoms with Crippen molar-refractivity contribution in [1.82, 2.24) is 4.90 Å². The minimum atomic E-state index is -5.08. The van der Waals surface area contributed by atoms with Crippen molar-refractivity contribution >= 4 is 11.9 Å². The van der Waals surface area contributed by atoms with Crippen LogP contribution in [0.25, 0.3) is 0 Å². The highest BCUT2D eigenvalue weighted by atomic mass is 19.4. The lowest BCUT2D eigenvalue weighted by molar-refractivity contribution is -0.210. The van der Waals surface area contributed by atoms with Gasteiger partial charge in [-0.2, -0.15) is 26.3 Å². The Balaban J connectivity index is 0.000000441. The largest absolute Gasteiger partial charge is 0.490 e. The number of amides is 1. The van der Waals surface area contributed by atoms with Gasteiger partial charge < -0.3 is 15.7 Å². The number of likely N-dealkylation sites (tertiary alicyclic amines) is 1. The lowest BCUT2D eigenvalue weighted by atomic mass is 9.99. The number of hydrogen-bond donors (Lipinski definition) is 2. The molecule has 1 unspecified atom stereocenters.